The van der Waals surface area contributed by atoms with Crippen molar-refractivity contribution in [3.63, 3.8) is 0 Å². The Morgan fingerprint density at radius 1 is 1.07 bits per heavy atom. The van der Waals surface area contributed by atoms with Crippen molar-refractivity contribution in [1.82, 2.24) is 5.32 Å². The van der Waals surface area contributed by atoms with E-state index < -0.39 is 0 Å². The first kappa shape index (κ1) is 18.4. The molecule has 28 heavy (non-hydrogen) atoms. The van der Waals surface area contributed by atoms with Crippen molar-refractivity contribution in [2.24, 2.45) is 5.92 Å². The fraction of sp³-hybridized carbons (Fsp3) is 0.292. The summed E-state index contributed by atoms with van der Waals surface area (Å²) in [5, 5.41) is 3.22. The van der Waals surface area contributed by atoms with E-state index in [1.807, 2.05) is 54.6 Å². The van der Waals surface area contributed by atoms with Gasteiger partial charge in [0.05, 0.1) is 13.2 Å². The summed E-state index contributed by atoms with van der Waals surface area (Å²) >= 11 is 0. The van der Waals surface area contributed by atoms with Gasteiger partial charge in [0.1, 0.15) is 17.3 Å². The van der Waals surface area contributed by atoms with Gasteiger partial charge in [-0.05, 0) is 60.7 Å². The second kappa shape index (κ2) is 8.34. The van der Waals surface area contributed by atoms with Crippen LogP contribution in [0.1, 0.15) is 36.6 Å². The summed E-state index contributed by atoms with van der Waals surface area (Å²) in [6.07, 6.45) is 3.38. The van der Waals surface area contributed by atoms with Crippen LogP contribution < -0.4 is 10.1 Å². The van der Waals surface area contributed by atoms with E-state index >= 15 is 0 Å². The van der Waals surface area contributed by atoms with Crippen molar-refractivity contribution >= 4 is 5.91 Å². The van der Waals surface area contributed by atoms with E-state index in [2.05, 4.69) is 17.4 Å². The summed E-state index contributed by atoms with van der Waals surface area (Å²) < 4.78 is 11.1. The van der Waals surface area contributed by atoms with Crippen LogP contribution in [-0.4, -0.2) is 13.0 Å². The number of hydrogen-bond acceptors (Lipinski definition) is 3. The molecule has 4 nitrogen and oxygen atoms in total. The Balaban J connectivity index is 1.34. The molecule has 0 saturated heterocycles. The molecule has 1 aliphatic carbocycles. The lowest BCUT2D eigenvalue weighted by Gasteiger charge is -2.18. The summed E-state index contributed by atoms with van der Waals surface area (Å²) in [6, 6.07) is 22.0. The highest BCUT2D eigenvalue weighted by Gasteiger charge is 2.33. The lowest BCUT2D eigenvalue weighted by atomic mass is 10.0. The molecule has 4 rings (SSSR count). The zero-order valence-electron chi connectivity index (χ0n) is 16.1. The molecule has 0 radical (unpaired) electrons. The molecule has 1 atom stereocenters. The van der Waals surface area contributed by atoms with E-state index in [1.54, 1.807) is 7.11 Å². The number of methoxy groups -OCH3 is 1. The number of furan rings is 1. The molecule has 1 aliphatic rings. The van der Waals surface area contributed by atoms with Crippen LogP contribution in [0, 0.1) is 5.92 Å². The van der Waals surface area contributed by atoms with E-state index in [4.69, 9.17) is 9.15 Å². The second-order valence-corrected chi connectivity index (χ2v) is 7.29. The van der Waals surface area contributed by atoms with Crippen LogP contribution in [-0.2, 0) is 11.2 Å². The quantitative estimate of drug-likeness (QED) is 0.592. The first-order chi connectivity index (χ1) is 13.7. The molecule has 1 fully saturated rings. The molecular formula is C24H25NO3. The Morgan fingerprint density at radius 2 is 1.82 bits per heavy atom. The molecule has 1 saturated carbocycles. The number of carbonyl (C=O) groups is 1. The number of carbonyl (C=O) groups excluding carboxylic acids is 1. The Bertz CT molecular complexity index is 911. The van der Waals surface area contributed by atoms with Crippen LogP contribution in [0.4, 0.5) is 0 Å². The van der Waals surface area contributed by atoms with Gasteiger partial charge in [-0.15, -0.1) is 0 Å². The van der Waals surface area contributed by atoms with Gasteiger partial charge in [0.25, 0.3) is 0 Å². The number of rotatable bonds is 8. The number of nitrogens with one attached hydrogen (secondary N) is 1. The van der Waals surface area contributed by atoms with Gasteiger partial charge in [0.15, 0.2) is 0 Å². The number of aryl methyl sites for hydroxylation is 1. The molecule has 1 heterocycles. The van der Waals surface area contributed by atoms with Gasteiger partial charge < -0.3 is 14.5 Å². The van der Waals surface area contributed by atoms with Gasteiger partial charge in [-0.25, -0.2) is 0 Å². The summed E-state index contributed by atoms with van der Waals surface area (Å²) in [6.45, 7) is 0. The summed E-state index contributed by atoms with van der Waals surface area (Å²) in [5.41, 5.74) is 2.19. The molecule has 1 aromatic heterocycles. The molecule has 1 N–H and O–H groups in total. The van der Waals surface area contributed by atoms with Crippen LogP contribution in [0.2, 0.25) is 0 Å². The lowest BCUT2D eigenvalue weighted by molar-refractivity contribution is -0.122. The van der Waals surface area contributed by atoms with E-state index in [0.717, 1.165) is 22.8 Å². The highest BCUT2D eigenvalue weighted by molar-refractivity contribution is 5.76. The van der Waals surface area contributed by atoms with Crippen molar-refractivity contribution in [2.75, 3.05) is 7.11 Å². The third-order valence-electron chi connectivity index (χ3n) is 5.20. The molecule has 144 valence electrons. The minimum absolute atomic E-state index is 0.0724. The minimum atomic E-state index is 0.0724. The number of benzene rings is 2. The fourth-order valence-electron chi connectivity index (χ4n) is 3.47. The van der Waals surface area contributed by atoms with E-state index in [9.17, 15) is 4.79 Å². The Morgan fingerprint density at radius 3 is 2.50 bits per heavy atom. The topological polar surface area (TPSA) is 51.5 Å². The zero-order valence-corrected chi connectivity index (χ0v) is 16.1. The van der Waals surface area contributed by atoms with Crippen LogP contribution in [0.3, 0.4) is 0 Å². The third-order valence-corrected chi connectivity index (χ3v) is 5.20. The monoisotopic (exact) mass is 375 g/mol. The van der Waals surface area contributed by atoms with Crippen molar-refractivity contribution in [1.29, 1.82) is 0 Å². The first-order valence-corrected chi connectivity index (χ1v) is 9.80. The molecule has 2 aromatic carbocycles. The van der Waals surface area contributed by atoms with E-state index in [1.165, 1.54) is 18.4 Å². The highest BCUT2D eigenvalue weighted by atomic mass is 16.5. The maximum absolute atomic E-state index is 12.5. The van der Waals surface area contributed by atoms with Crippen LogP contribution in [0.15, 0.2) is 71.1 Å². The number of amides is 1. The van der Waals surface area contributed by atoms with Gasteiger partial charge in [-0.3, -0.25) is 4.79 Å². The van der Waals surface area contributed by atoms with Gasteiger partial charge in [-0.1, -0.05) is 30.3 Å². The van der Waals surface area contributed by atoms with Crippen LogP contribution >= 0.6 is 0 Å². The third kappa shape index (κ3) is 4.45. The van der Waals surface area contributed by atoms with Crippen LogP contribution in [0.25, 0.3) is 11.3 Å². The summed E-state index contributed by atoms with van der Waals surface area (Å²) in [7, 11) is 1.65. The average Bonchev–Trinajstić information content (AvgIpc) is 3.48. The zero-order chi connectivity index (χ0) is 19.3. The minimum Gasteiger partial charge on any atom is -0.497 e. The molecule has 4 heteroatoms. The predicted molar refractivity (Wildman–Crippen MR) is 109 cm³/mol. The van der Waals surface area contributed by atoms with Crippen LogP contribution in [0.5, 0.6) is 5.75 Å². The SMILES string of the molecule is COc1ccc(-c2ccc(CCC(=O)N[C@@H](c3ccccc3)C3CC3)o2)cc1. The number of hydrogen-bond donors (Lipinski definition) is 1. The van der Waals surface area contributed by atoms with Gasteiger partial charge >= 0.3 is 0 Å². The van der Waals surface area contributed by atoms with Crippen molar-refractivity contribution in [2.45, 2.75) is 31.7 Å². The van der Waals surface area contributed by atoms with Crippen molar-refractivity contribution in [3.8, 4) is 17.1 Å². The molecule has 0 spiro atoms. The average molecular weight is 375 g/mol. The predicted octanol–water partition coefficient (Wildman–Crippen LogP) is 5.16. The maximum Gasteiger partial charge on any atom is 0.220 e. The smallest absolute Gasteiger partial charge is 0.220 e. The largest absolute Gasteiger partial charge is 0.497 e. The second-order valence-electron chi connectivity index (χ2n) is 7.29. The van der Waals surface area contributed by atoms with Gasteiger partial charge in [0.2, 0.25) is 5.91 Å². The lowest BCUT2D eigenvalue weighted by Crippen LogP contribution is -2.30. The Kier molecular flexibility index (Phi) is 5.47. The Hall–Kier alpha value is -3.01. The van der Waals surface area contributed by atoms with Crippen molar-refractivity contribution in [3.05, 3.63) is 78.1 Å². The standard InChI is InChI=1S/C24H25NO3/c1-27-20-11-9-17(10-12-20)22-15-13-21(28-22)14-16-23(26)25-24(19-7-8-19)18-5-3-2-4-6-18/h2-6,9-13,15,19,24H,7-8,14,16H2,1H3,(H,25,26)/t24-/m0/s1. The van der Waals surface area contributed by atoms with Gasteiger partial charge in [0, 0.05) is 18.4 Å². The van der Waals surface area contributed by atoms with E-state index in [0.29, 0.717) is 18.8 Å². The molecule has 0 aliphatic heterocycles. The molecule has 1 amide bonds. The number of ether oxygens (including phenoxy) is 1. The first-order valence-electron chi connectivity index (χ1n) is 9.80. The Labute approximate surface area is 165 Å². The fourth-order valence-corrected chi connectivity index (χ4v) is 3.47. The summed E-state index contributed by atoms with van der Waals surface area (Å²) in [4.78, 5) is 12.5. The van der Waals surface area contributed by atoms with E-state index in [-0.39, 0.29) is 11.9 Å². The molecular weight excluding hydrogens is 350 g/mol. The van der Waals surface area contributed by atoms with Crippen molar-refractivity contribution < 1.29 is 13.9 Å². The molecule has 0 unspecified atom stereocenters. The summed E-state index contributed by atoms with van der Waals surface area (Å²) in [5.74, 6) is 3.08. The van der Waals surface area contributed by atoms with Gasteiger partial charge in [-0.2, -0.15) is 0 Å². The highest BCUT2D eigenvalue weighted by Crippen LogP contribution is 2.41. The normalized spacial score (nSPS) is 14.5. The molecule has 0 bridgehead atoms. The maximum atomic E-state index is 12.5. The molecule has 3 aromatic rings.